The van der Waals surface area contributed by atoms with Crippen molar-refractivity contribution in [3.63, 3.8) is 0 Å². The lowest BCUT2D eigenvalue weighted by Crippen LogP contribution is -2.33. The summed E-state index contributed by atoms with van der Waals surface area (Å²) >= 11 is 0. The highest BCUT2D eigenvalue weighted by Crippen LogP contribution is 2.22. The van der Waals surface area contributed by atoms with Crippen molar-refractivity contribution in [2.75, 3.05) is 38.6 Å². The minimum absolute atomic E-state index is 0. The Labute approximate surface area is 146 Å². The highest BCUT2D eigenvalue weighted by atomic mass is 35.5. The second-order valence-corrected chi connectivity index (χ2v) is 8.01. The first-order valence-electron chi connectivity index (χ1n) is 7.88. The molecule has 1 saturated heterocycles. The van der Waals surface area contributed by atoms with E-state index < -0.39 is 10.0 Å². The first-order valence-corrected chi connectivity index (χ1v) is 9.37. The van der Waals surface area contributed by atoms with Crippen molar-refractivity contribution in [2.24, 2.45) is 5.92 Å². The summed E-state index contributed by atoms with van der Waals surface area (Å²) < 4.78 is 27.6. The number of piperidine rings is 1. The van der Waals surface area contributed by atoms with Crippen molar-refractivity contribution >= 4 is 28.1 Å². The van der Waals surface area contributed by atoms with Gasteiger partial charge in [0.1, 0.15) is 0 Å². The molecule has 5 nitrogen and oxygen atoms in total. The second-order valence-electron chi connectivity index (χ2n) is 6.24. The number of hydrogen-bond donors (Lipinski definition) is 2. The van der Waals surface area contributed by atoms with E-state index in [-0.39, 0.29) is 12.4 Å². The lowest BCUT2D eigenvalue weighted by atomic mass is 9.96. The third kappa shape index (κ3) is 5.64. The van der Waals surface area contributed by atoms with Crippen LogP contribution in [0, 0.1) is 12.8 Å². The molecule has 0 amide bonds. The van der Waals surface area contributed by atoms with Gasteiger partial charge in [-0.1, -0.05) is 6.07 Å². The molecule has 1 heterocycles. The maximum absolute atomic E-state index is 12.4. The Kier molecular flexibility index (Phi) is 7.80. The van der Waals surface area contributed by atoms with Crippen molar-refractivity contribution in [1.29, 1.82) is 0 Å². The number of nitrogens with zero attached hydrogens (tertiary/aromatic N) is 1. The molecule has 1 aliphatic heterocycles. The van der Waals surface area contributed by atoms with Crippen molar-refractivity contribution in [3.8, 4) is 0 Å². The van der Waals surface area contributed by atoms with Crippen molar-refractivity contribution in [3.05, 3.63) is 23.8 Å². The summed E-state index contributed by atoms with van der Waals surface area (Å²) in [5.41, 5.74) is 2.00. The monoisotopic (exact) mass is 361 g/mol. The van der Waals surface area contributed by atoms with E-state index in [1.165, 1.54) is 12.8 Å². The predicted octanol–water partition coefficient (Wildman–Crippen LogP) is 2.15. The number of halogens is 1. The SMILES string of the molecule is Cc1ccc(S(=O)(=O)NCCC2CCCNC2)cc1N(C)C.Cl. The van der Waals surface area contributed by atoms with Gasteiger partial charge in [-0.2, -0.15) is 0 Å². The zero-order valence-corrected chi connectivity index (χ0v) is 15.8. The molecule has 7 heteroatoms. The first-order chi connectivity index (χ1) is 10.4. The van der Waals surface area contributed by atoms with Gasteiger partial charge in [-0.05, 0) is 62.9 Å². The molecule has 0 saturated carbocycles. The van der Waals surface area contributed by atoms with E-state index in [2.05, 4.69) is 10.0 Å². The normalized spacial score (nSPS) is 18.3. The summed E-state index contributed by atoms with van der Waals surface area (Å²) in [6.07, 6.45) is 3.25. The molecule has 1 aromatic carbocycles. The Balaban J connectivity index is 0.00000264. The highest BCUT2D eigenvalue weighted by molar-refractivity contribution is 7.89. The van der Waals surface area contributed by atoms with Gasteiger partial charge in [0.2, 0.25) is 10.0 Å². The molecule has 0 aromatic heterocycles. The molecule has 0 aliphatic carbocycles. The summed E-state index contributed by atoms with van der Waals surface area (Å²) in [7, 11) is 0.407. The van der Waals surface area contributed by atoms with Gasteiger partial charge in [-0.15, -0.1) is 12.4 Å². The number of anilines is 1. The maximum atomic E-state index is 12.4. The van der Waals surface area contributed by atoms with Crippen LogP contribution in [0.5, 0.6) is 0 Å². The molecule has 1 aromatic rings. The molecular formula is C16H28ClN3O2S. The molecule has 2 rings (SSSR count). The van der Waals surface area contributed by atoms with E-state index in [0.29, 0.717) is 17.4 Å². The summed E-state index contributed by atoms with van der Waals surface area (Å²) in [4.78, 5) is 2.27. The number of rotatable bonds is 6. The van der Waals surface area contributed by atoms with E-state index in [4.69, 9.17) is 0 Å². The Hall–Kier alpha value is -0.820. The number of aryl methyl sites for hydroxylation is 1. The molecule has 1 unspecified atom stereocenters. The Morgan fingerprint density at radius 1 is 1.35 bits per heavy atom. The second kappa shape index (κ2) is 8.87. The summed E-state index contributed by atoms with van der Waals surface area (Å²) in [6, 6.07) is 5.27. The maximum Gasteiger partial charge on any atom is 0.240 e. The van der Waals surface area contributed by atoms with Crippen molar-refractivity contribution in [1.82, 2.24) is 10.0 Å². The first kappa shape index (κ1) is 20.2. The fourth-order valence-electron chi connectivity index (χ4n) is 2.89. The zero-order chi connectivity index (χ0) is 16.2. The van der Waals surface area contributed by atoms with Gasteiger partial charge in [0.15, 0.2) is 0 Å². The standard InChI is InChI=1S/C16H27N3O2S.ClH/c1-13-6-7-15(11-16(13)19(2)3)22(20,21)18-10-8-14-5-4-9-17-12-14;/h6-7,11,14,17-18H,4-5,8-10,12H2,1-3H3;1H. The summed E-state index contributed by atoms with van der Waals surface area (Å²) in [5.74, 6) is 0.576. The van der Waals surface area contributed by atoms with E-state index in [9.17, 15) is 8.42 Å². The van der Waals surface area contributed by atoms with Gasteiger partial charge in [0, 0.05) is 26.3 Å². The summed E-state index contributed by atoms with van der Waals surface area (Å²) in [5, 5.41) is 3.36. The van der Waals surface area contributed by atoms with Crippen LogP contribution < -0.4 is 14.9 Å². The lowest BCUT2D eigenvalue weighted by Gasteiger charge is -2.22. The molecule has 0 spiro atoms. The number of benzene rings is 1. The van der Waals surface area contributed by atoms with Gasteiger partial charge in [0.05, 0.1) is 4.90 Å². The van der Waals surface area contributed by atoms with Gasteiger partial charge in [-0.3, -0.25) is 0 Å². The van der Waals surface area contributed by atoms with Crippen LogP contribution in [0.4, 0.5) is 5.69 Å². The number of sulfonamides is 1. The lowest BCUT2D eigenvalue weighted by molar-refractivity contribution is 0.358. The Bertz CT molecular complexity index is 599. The smallest absolute Gasteiger partial charge is 0.240 e. The molecule has 1 atom stereocenters. The van der Waals surface area contributed by atoms with E-state index in [1.807, 2.05) is 32.0 Å². The quantitative estimate of drug-likeness (QED) is 0.815. The van der Waals surface area contributed by atoms with Crippen molar-refractivity contribution in [2.45, 2.75) is 31.1 Å². The van der Waals surface area contributed by atoms with E-state index >= 15 is 0 Å². The topological polar surface area (TPSA) is 61.4 Å². The molecule has 2 N–H and O–H groups in total. The van der Waals surface area contributed by atoms with Crippen LogP contribution >= 0.6 is 12.4 Å². The largest absolute Gasteiger partial charge is 0.377 e. The minimum atomic E-state index is -3.43. The third-order valence-corrected chi connectivity index (χ3v) is 5.68. The average molecular weight is 362 g/mol. The van der Waals surface area contributed by atoms with E-state index in [1.54, 1.807) is 12.1 Å². The predicted molar refractivity (Wildman–Crippen MR) is 98.2 cm³/mol. The van der Waals surface area contributed by atoms with Gasteiger partial charge >= 0.3 is 0 Å². The van der Waals surface area contributed by atoms with Crippen molar-refractivity contribution < 1.29 is 8.42 Å². The van der Waals surface area contributed by atoms with Crippen LogP contribution in [0.25, 0.3) is 0 Å². The molecule has 0 bridgehead atoms. The van der Waals surface area contributed by atoms with E-state index in [0.717, 1.165) is 30.8 Å². The molecular weight excluding hydrogens is 334 g/mol. The Morgan fingerprint density at radius 2 is 2.09 bits per heavy atom. The molecule has 0 radical (unpaired) electrons. The van der Waals surface area contributed by atoms with Gasteiger partial charge < -0.3 is 10.2 Å². The molecule has 132 valence electrons. The summed E-state index contributed by atoms with van der Waals surface area (Å²) in [6.45, 7) is 4.56. The van der Waals surface area contributed by atoms with Crippen LogP contribution in [0.15, 0.2) is 23.1 Å². The Morgan fingerprint density at radius 3 is 2.70 bits per heavy atom. The average Bonchev–Trinajstić information content (AvgIpc) is 2.48. The molecule has 1 aliphatic rings. The van der Waals surface area contributed by atoms with Crippen LogP contribution in [0.3, 0.4) is 0 Å². The van der Waals surface area contributed by atoms with Crippen LogP contribution in [0.1, 0.15) is 24.8 Å². The van der Waals surface area contributed by atoms with Crippen LogP contribution in [0.2, 0.25) is 0 Å². The highest BCUT2D eigenvalue weighted by Gasteiger charge is 2.18. The number of nitrogens with one attached hydrogen (secondary N) is 2. The van der Waals surface area contributed by atoms with Crippen LogP contribution in [-0.2, 0) is 10.0 Å². The fourth-order valence-corrected chi connectivity index (χ4v) is 3.96. The van der Waals surface area contributed by atoms with Crippen LogP contribution in [-0.4, -0.2) is 42.1 Å². The fraction of sp³-hybridized carbons (Fsp3) is 0.625. The molecule has 23 heavy (non-hydrogen) atoms. The molecule has 1 fully saturated rings. The minimum Gasteiger partial charge on any atom is -0.377 e. The number of hydrogen-bond acceptors (Lipinski definition) is 4. The van der Waals surface area contributed by atoms with Gasteiger partial charge in [-0.25, -0.2) is 13.1 Å². The van der Waals surface area contributed by atoms with Gasteiger partial charge in [0.25, 0.3) is 0 Å². The third-order valence-electron chi connectivity index (χ3n) is 4.22. The zero-order valence-electron chi connectivity index (χ0n) is 14.1.